The Balaban J connectivity index is 1.35. The van der Waals surface area contributed by atoms with Crippen molar-refractivity contribution in [3.8, 4) is 11.5 Å². The van der Waals surface area contributed by atoms with E-state index in [4.69, 9.17) is 9.47 Å². The standard InChI is InChI=1S/C17H23NO2/c1-2-14(17-16(3-1)19-6-7-20-17)10-18-11-15-9-12-4-5-13(15)8-12/h1-3,12-13,15,18H,4-11H2. The van der Waals surface area contributed by atoms with E-state index in [1.807, 2.05) is 6.07 Å². The van der Waals surface area contributed by atoms with E-state index in [1.165, 1.54) is 31.2 Å². The van der Waals surface area contributed by atoms with Crippen molar-refractivity contribution >= 4 is 0 Å². The number of nitrogens with one attached hydrogen (secondary N) is 1. The summed E-state index contributed by atoms with van der Waals surface area (Å²) in [4.78, 5) is 0. The van der Waals surface area contributed by atoms with Crippen molar-refractivity contribution < 1.29 is 9.47 Å². The van der Waals surface area contributed by atoms with Crippen molar-refractivity contribution in [1.29, 1.82) is 0 Å². The van der Waals surface area contributed by atoms with Gasteiger partial charge in [0.15, 0.2) is 11.5 Å². The molecule has 1 aromatic carbocycles. The first-order valence-electron chi connectivity index (χ1n) is 7.98. The molecule has 3 heteroatoms. The van der Waals surface area contributed by atoms with E-state index in [1.54, 1.807) is 0 Å². The Bertz CT molecular complexity index is 488. The number of ether oxygens (including phenoxy) is 2. The first-order chi connectivity index (χ1) is 9.90. The molecule has 1 heterocycles. The van der Waals surface area contributed by atoms with Gasteiger partial charge in [0.1, 0.15) is 13.2 Å². The Kier molecular flexibility index (Phi) is 3.31. The minimum atomic E-state index is 0.662. The second-order valence-electron chi connectivity index (χ2n) is 6.51. The second kappa shape index (κ2) is 5.28. The Morgan fingerprint density at radius 2 is 2.05 bits per heavy atom. The summed E-state index contributed by atoms with van der Waals surface area (Å²) in [5.74, 6) is 4.78. The first-order valence-corrected chi connectivity index (χ1v) is 7.98. The van der Waals surface area contributed by atoms with Gasteiger partial charge in [-0.25, -0.2) is 0 Å². The van der Waals surface area contributed by atoms with Gasteiger partial charge in [0.05, 0.1) is 0 Å². The fourth-order valence-electron chi connectivity index (χ4n) is 4.29. The molecule has 0 aromatic heterocycles. The van der Waals surface area contributed by atoms with Gasteiger partial charge in [-0.2, -0.15) is 0 Å². The van der Waals surface area contributed by atoms with E-state index in [0.717, 1.165) is 42.3 Å². The van der Waals surface area contributed by atoms with E-state index in [0.29, 0.717) is 13.2 Å². The molecular weight excluding hydrogens is 250 g/mol. The molecule has 0 amide bonds. The summed E-state index contributed by atoms with van der Waals surface area (Å²) in [6.45, 7) is 3.37. The zero-order valence-electron chi connectivity index (χ0n) is 11.9. The molecule has 3 nitrogen and oxygen atoms in total. The minimum absolute atomic E-state index is 0.662. The molecule has 2 aliphatic carbocycles. The number of benzene rings is 1. The van der Waals surface area contributed by atoms with Crippen molar-refractivity contribution in [3.05, 3.63) is 23.8 Å². The lowest BCUT2D eigenvalue weighted by Gasteiger charge is -2.23. The molecule has 3 atom stereocenters. The summed E-state index contributed by atoms with van der Waals surface area (Å²) in [5, 5.41) is 3.64. The summed E-state index contributed by atoms with van der Waals surface area (Å²) >= 11 is 0. The maximum Gasteiger partial charge on any atom is 0.165 e. The summed E-state index contributed by atoms with van der Waals surface area (Å²) in [7, 11) is 0. The highest BCUT2D eigenvalue weighted by Gasteiger charge is 2.38. The molecule has 2 bridgehead atoms. The van der Waals surface area contributed by atoms with E-state index >= 15 is 0 Å². The highest BCUT2D eigenvalue weighted by atomic mass is 16.6. The van der Waals surface area contributed by atoms with Crippen LogP contribution in [0.2, 0.25) is 0 Å². The Hall–Kier alpha value is -1.22. The molecule has 0 radical (unpaired) electrons. The van der Waals surface area contributed by atoms with Crippen molar-refractivity contribution in [1.82, 2.24) is 5.32 Å². The van der Waals surface area contributed by atoms with Crippen LogP contribution < -0.4 is 14.8 Å². The van der Waals surface area contributed by atoms with E-state index in [9.17, 15) is 0 Å². The van der Waals surface area contributed by atoms with Crippen LogP contribution in [0.3, 0.4) is 0 Å². The lowest BCUT2D eigenvalue weighted by Crippen LogP contribution is -2.26. The van der Waals surface area contributed by atoms with Crippen LogP contribution in [-0.4, -0.2) is 19.8 Å². The Morgan fingerprint density at radius 3 is 2.90 bits per heavy atom. The maximum atomic E-state index is 5.76. The monoisotopic (exact) mass is 273 g/mol. The van der Waals surface area contributed by atoms with Crippen molar-refractivity contribution in [3.63, 3.8) is 0 Å². The lowest BCUT2D eigenvalue weighted by atomic mass is 9.89. The molecule has 4 rings (SSSR count). The Labute approximate surface area is 120 Å². The van der Waals surface area contributed by atoms with E-state index in [2.05, 4.69) is 17.4 Å². The average molecular weight is 273 g/mol. The van der Waals surface area contributed by atoms with Crippen LogP contribution in [0, 0.1) is 17.8 Å². The van der Waals surface area contributed by atoms with Crippen LogP contribution in [0.15, 0.2) is 18.2 Å². The molecule has 1 aliphatic heterocycles. The normalized spacial score (nSPS) is 30.7. The number of fused-ring (bicyclic) bond motifs is 3. The predicted octanol–water partition coefficient (Wildman–Crippen LogP) is 2.98. The average Bonchev–Trinajstić information content (AvgIpc) is 3.10. The van der Waals surface area contributed by atoms with Crippen molar-refractivity contribution in [2.45, 2.75) is 32.2 Å². The van der Waals surface area contributed by atoms with Crippen LogP contribution in [0.4, 0.5) is 0 Å². The molecule has 20 heavy (non-hydrogen) atoms. The molecule has 2 saturated carbocycles. The number of para-hydroxylation sites is 1. The van der Waals surface area contributed by atoms with Crippen LogP contribution in [0.1, 0.15) is 31.2 Å². The van der Waals surface area contributed by atoms with Gasteiger partial charge in [-0.05, 0) is 49.6 Å². The van der Waals surface area contributed by atoms with Crippen LogP contribution >= 0.6 is 0 Å². The van der Waals surface area contributed by atoms with Gasteiger partial charge in [0.25, 0.3) is 0 Å². The van der Waals surface area contributed by atoms with Crippen molar-refractivity contribution in [2.75, 3.05) is 19.8 Å². The van der Waals surface area contributed by atoms with Crippen LogP contribution in [0.5, 0.6) is 11.5 Å². The zero-order valence-corrected chi connectivity index (χ0v) is 11.9. The van der Waals surface area contributed by atoms with E-state index < -0.39 is 0 Å². The molecular formula is C17H23NO2. The SMILES string of the molecule is c1cc(CNCC2CC3CCC2C3)c2c(c1)OCCO2. The van der Waals surface area contributed by atoms with Crippen LogP contribution in [-0.2, 0) is 6.54 Å². The quantitative estimate of drug-likeness (QED) is 0.915. The molecule has 0 saturated heterocycles. The van der Waals surface area contributed by atoms with Crippen LogP contribution in [0.25, 0.3) is 0 Å². The largest absolute Gasteiger partial charge is 0.486 e. The molecule has 108 valence electrons. The number of hydrogen-bond acceptors (Lipinski definition) is 3. The minimum Gasteiger partial charge on any atom is -0.486 e. The van der Waals surface area contributed by atoms with Gasteiger partial charge in [0.2, 0.25) is 0 Å². The fourth-order valence-corrected chi connectivity index (χ4v) is 4.29. The van der Waals surface area contributed by atoms with Gasteiger partial charge in [-0.3, -0.25) is 0 Å². The predicted molar refractivity (Wildman–Crippen MR) is 78.1 cm³/mol. The maximum absolute atomic E-state index is 5.76. The molecule has 3 unspecified atom stereocenters. The second-order valence-corrected chi connectivity index (χ2v) is 6.51. The fraction of sp³-hybridized carbons (Fsp3) is 0.647. The van der Waals surface area contributed by atoms with Gasteiger partial charge in [0, 0.05) is 12.1 Å². The zero-order chi connectivity index (χ0) is 13.4. The molecule has 0 spiro atoms. The van der Waals surface area contributed by atoms with Gasteiger partial charge in [-0.1, -0.05) is 18.6 Å². The third-order valence-electron chi connectivity index (χ3n) is 5.25. The molecule has 1 N–H and O–H groups in total. The third kappa shape index (κ3) is 2.28. The van der Waals surface area contributed by atoms with Gasteiger partial charge < -0.3 is 14.8 Å². The molecule has 1 aromatic rings. The summed E-state index contributed by atoms with van der Waals surface area (Å²) in [5.41, 5.74) is 1.23. The molecule has 2 fully saturated rings. The van der Waals surface area contributed by atoms with Gasteiger partial charge >= 0.3 is 0 Å². The van der Waals surface area contributed by atoms with Crippen molar-refractivity contribution in [2.24, 2.45) is 17.8 Å². The topological polar surface area (TPSA) is 30.5 Å². The summed E-state index contributed by atoms with van der Waals surface area (Å²) < 4.78 is 11.4. The summed E-state index contributed by atoms with van der Waals surface area (Å²) in [6.07, 6.45) is 5.89. The lowest BCUT2D eigenvalue weighted by molar-refractivity contribution is 0.169. The van der Waals surface area contributed by atoms with E-state index in [-0.39, 0.29) is 0 Å². The summed E-state index contributed by atoms with van der Waals surface area (Å²) in [6, 6.07) is 6.19. The van der Waals surface area contributed by atoms with Gasteiger partial charge in [-0.15, -0.1) is 0 Å². The smallest absolute Gasteiger partial charge is 0.165 e. The third-order valence-corrected chi connectivity index (χ3v) is 5.25. The highest BCUT2D eigenvalue weighted by molar-refractivity contribution is 5.47. The first kappa shape index (κ1) is 12.5. The Morgan fingerprint density at radius 1 is 1.10 bits per heavy atom. The number of rotatable bonds is 4. The number of hydrogen-bond donors (Lipinski definition) is 1. The highest BCUT2D eigenvalue weighted by Crippen LogP contribution is 2.48. The molecule has 3 aliphatic rings.